The minimum absolute atomic E-state index is 0.400. The van der Waals surface area contributed by atoms with E-state index in [1.54, 1.807) is 24.3 Å². The monoisotopic (exact) mass is 222 g/mol. The van der Waals surface area contributed by atoms with Gasteiger partial charge in [-0.05, 0) is 6.26 Å². The molecule has 1 heterocycles. The Morgan fingerprint density at radius 2 is 1.87 bits per heavy atom. The first-order valence-corrected chi connectivity index (χ1v) is 5.85. The van der Waals surface area contributed by atoms with Gasteiger partial charge in [0.25, 0.3) is 22.9 Å². The average Bonchev–Trinajstić information content (AvgIpc) is 2.26. The van der Waals surface area contributed by atoms with Gasteiger partial charge in [-0.1, -0.05) is 12.1 Å². The lowest BCUT2D eigenvalue weighted by Gasteiger charge is -2.06. The Bertz CT molecular complexity index is 502. The Labute approximate surface area is 91.3 Å². The Morgan fingerprint density at radius 3 is 2.53 bits per heavy atom. The predicted molar refractivity (Wildman–Crippen MR) is 59.1 cm³/mol. The number of benzene rings is 1. The molecule has 0 N–H and O–H groups in total. The molecular formula is C10H10N2O2S. The van der Waals surface area contributed by atoms with Crippen LogP contribution in [0.2, 0.25) is 0 Å². The summed E-state index contributed by atoms with van der Waals surface area (Å²) in [6.45, 7) is 0. The fraction of sp³-hybridized carbons (Fsp3) is 0.200. The van der Waals surface area contributed by atoms with E-state index in [4.69, 9.17) is 0 Å². The highest BCUT2D eigenvalue weighted by molar-refractivity contribution is 7.97. The molecule has 0 saturated carbocycles. The van der Waals surface area contributed by atoms with Crippen molar-refractivity contribution in [3.63, 3.8) is 0 Å². The first-order chi connectivity index (χ1) is 7.24. The molecule has 0 aliphatic carbocycles. The van der Waals surface area contributed by atoms with Crippen molar-refractivity contribution in [2.45, 2.75) is 5.75 Å². The lowest BCUT2D eigenvalue weighted by Crippen LogP contribution is -2.41. The van der Waals surface area contributed by atoms with Crippen molar-refractivity contribution in [1.29, 1.82) is 0 Å². The topological polar surface area (TPSA) is 53.9 Å². The number of hydrogen-bond acceptors (Lipinski definition) is 3. The van der Waals surface area contributed by atoms with Gasteiger partial charge in [-0.3, -0.25) is 0 Å². The maximum Gasteiger partial charge on any atom is 0.290 e. The molecule has 0 aliphatic heterocycles. The number of hydrogen-bond donors (Lipinski definition) is 0. The van der Waals surface area contributed by atoms with Crippen molar-refractivity contribution in [3.05, 3.63) is 46.6 Å². The second-order valence-corrected chi connectivity index (χ2v) is 4.03. The summed E-state index contributed by atoms with van der Waals surface area (Å²) in [6, 6.07) is 6.78. The van der Waals surface area contributed by atoms with Gasteiger partial charge in [0, 0.05) is 12.1 Å². The number of thioether (sulfide) groups is 1. The van der Waals surface area contributed by atoms with E-state index >= 15 is 0 Å². The second kappa shape index (κ2) is 3.94. The smallest absolute Gasteiger partial charge is 0.290 e. The molecule has 0 spiro atoms. The van der Waals surface area contributed by atoms with Gasteiger partial charge in [0.05, 0.1) is 5.75 Å². The summed E-state index contributed by atoms with van der Waals surface area (Å²) < 4.78 is 1.56. The molecule has 4 nitrogen and oxygen atoms in total. The van der Waals surface area contributed by atoms with Crippen LogP contribution in [0.4, 0.5) is 0 Å². The standard InChI is InChI=1S/C10H10N2O2S/c1-15-7-8-6-11(13)9-4-2-3-5-10(9)12(8)14/h2-6H,7H2,1H3. The van der Waals surface area contributed by atoms with Crippen molar-refractivity contribution in [2.24, 2.45) is 0 Å². The molecular weight excluding hydrogens is 212 g/mol. The fourth-order valence-corrected chi connectivity index (χ4v) is 1.97. The summed E-state index contributed by atoms with van der Waals surface area (Å²) in [7, 11) is 0. The van der Waals surface area contributed by atoms with Crippen LogP contribution in [0.5, 0.6) is 0 Å². The molecule has 78 valence electrons. The Kier molecular flexibility index (Phi) is 2.64. The largest absolute Gasteiger partial charge is 0.618 e. The summed E-state index contributed by atoms with van der Waals surface area (Å²) in [6.07, 6.45) is 3.23. The van der Waals surface area contributed by atoms with Crippen LogP contribution in [-0.2, 0) is 5.75 Å². The molecule has 0 aliphatic rings. The Balaban J connectivity index is 2.72. The van der Waals surface area contributed by atoms with Crippen molar-refractivity contribution < 1.29 is 9.46 Å². The van der Waals surface area contributed by atoms with E-state index in [0.717, 1.165) is 9.46 Å². The highest BCUT2D eigenvalue weighted by Gasteiger charge is 2.17. The van der Waals surface area contributed by atoms with Gasteiger partial charge in [0.15, 0.2) is 0 Å². The maximum absolute atomic E-state index is 11.8. The van der Waals surface area contributed by atoms with E-state index in [1.807, 2.05) is 6.26 Å². The molecule has 0 unspecified atom stereocenters. The molecule has 1 aromatic heterocycles. The highest BCUT2D eigenvalue weighted by atomic mass is 32.2. The number of rotatable bonds is 2. The lowest BCUT2D eigenvalue weighted by molar-refractivity contribution is -0.634. The summed E-state index contributed by atoms with van der Waals surface area (Å²) in [5, 5.41) is 23.4. The van der Waals surface area contributed by atoms with Crippen LogP contribution in [0.3, 0.4) is 0 Å². The van der Waals surface area contributed by atoms with Gasteiger partial charge in [-0.15, -0.1) is 0 Å². The van der Waals surface area contributed by atoms with E-state index in [-0.39, 0.29) is 0 Å². The minimum atomic E-state index is 0.400. The van der Waals surface area contributed by atoms with Crippen LogP contribution < -0.4 is 9.46 Å². The molecule has 2 aromatic rings. The molecule has 0 bridgehead atoms. The number of nitrogens with zero attached hydrogens (tertiary/aromatic N) is 2. The van der Waals surface area contributed by atoms with Crippen LogP contribution in [-0.4, -0.2) is 6.26 Å². The molecule has 15 heavy (non-hydrogen) atoms. The zero-order chi connectivity index (χ0) is 10.8. The first-order valence-electron chi connectivity index (χ1n) is 4.46. The van der Waals surface area contributed by atoms with E-state index in [2.05, 4.69) is 0 Å². The number of para-hydroxylation sites is 2. The zero-order valence-electron chi connectivity index (χ0n) is 8.21. The second-order valence-electron chi connectivity index (χ2n) is 3.16. The highest BCUT2D eigenvalue weighted by Crippen LogP contribution is 2.08. The minimum Gasteiger partial charge on any atom is -0.618 e. The summed E-state index contributed by atoms with van der Waals surface area (Å²) in [5.41, 5.74) is 1.30. The lowest BCUT2D eigenvalue weighted by atomic mass is 10.3. The van der Waals surface area contributed by atoms with Crippen molar-refractivity contribution >= 4 is 22.8 Å². The van der Waals surface area contributed by atoms with Gasteiger partial charge < -0.3 is 10.4 Å². The Morgan fingerprint density at radius 1 is 1.20 bits per heavy atom. The zero-order valence-corrected chi connectivity index (χ0v) is 9.03. The van der Waals surface area contributed by atoms with Gasteiger partial charge >= 0.3 is 0 Å². The van der Waals surface area contributed by atoms with Gasteiger partial charge in [0.2, 0.25) is 0 Å². The summed E-state index contributed by atoms with van der Waals surface area (Å²) >= 11 is 1.51. The van der Waals surface area contributed by atoms with Crippen molar-refractivity contribution in [3.8, 4) is 0 Å². The van der Waals surface area contributed by atoms with E-state index < -0.39 is 0 Å². The van der Waals surface area contributed by atoms with E-state index in [1.165, 1.54) is 18.0 Å². The fourth-order valence-electron chi connectivity index (χ4n) is 1.48. The van der Waals surface area contributed by atoms with Crippen LogP contribution in [0.1, 0.15) is 5.69 Å². The van der Waals surface area contributed by atoms with Crippen LogP contribution in [0.15, 0.2) is 30.5 Å². The Hall–Kier alpha value is -1.49. The molecule has 5 heteroatoms. The first kappa shape index (κ1) is 10.0. The third-order valence-corrected chi connectivity index (χ3v) is 2.74. The normalized spacial score (nSPS) is 10.7. The summed E-state index contributed by atoms with van der Waals surface area (Å²) in [5.74, 6) is 0.538. The maximum atomic E-state index is 11.8. The van der Waals surface area contributed by atoms with Crippen molar-refractivity contribution in [1.82, 2.24) is 0 Å². The molecule has 0 saturated heterocycles. The quantitative estimate of drug-likeness (QED) is 0.562. The van der Waals surface area contributed by atoms with Crippen LogP contribution >= 0.6 is 11.8 Å². The van der Waals surface area contributed by atoms with Crippen LogP contribution in [0, 0.1) is 10.4 Å². The van der Waals surface area contributed by atoms with Gasteiger partial charge in [-0.25, -0.2) is 0 Å². The molecule has 0 amide bonds. The predicted octanol–water partition coefficient (Wildman–Crippen LogP) is 0.970. The third kappa shape index (κ3) is 1.70. The molecule has 1 aromatic carbocycles. The molecule has 2 rings (SSSR count). The molecule has 0 fully saturated rings. The number of fused-ring (bicyclic) bond motifs is 1. The van der Waals surface area contributed by atoms with E-state index in [9.17, 15) is 10.4 Å². The average molecular weight is 222 g/mol. The molecule has 0 atom stereocenters. The van der Waals surface area contributed by atoms with Crippen molar-refractivity contribution in [2.75, 3.05) is 6.26 Å². The van der Waals surface area contributed by atoms with Gasteiger partial charge in [0.1, 0.15) is 0 Å². The van der Waals surface area contributed by atoms with E-state index in [0.29, 0.717) is 22.5 Å². The third-order valence-electron chi connectivity index (χ3n) is 2.16. The van der Waals surface area contributed by atoms with Gasteiger partial charge in [-0.2, -0.15) is 21.2 Å². The molecule has 0 radical (unpaired) electrons. The number of aromatic nitrogens is 2. The van der Waals surface area contributed by atoms with Crippen LogP contribution in [0.25, 0.3) is 11.0 Å². The summed E-state index contributed by atoms with van der Waals surface area (Å²) in [4.78, 5) is 0. The SMILES string of the molecule is CSCc1c[n+]([O-])c2ccccc2[n+]1[O-].